The minimum atomic E-state index is 0.899. The van der Waals surface area contributed by atoms with Gasteiger partial charge in [0.05, 0.1) is 22.8 Å². The van der Waals surface area contributed by atoms with Crippen LogP contribution >= 0.6 is 0 Å². The maximum Gasteiger partial charge on any atom is 0.0752 e. The number of aromatic nitrogens is 5. The molecule has 4 aromatic rings. The third-order valence-electron chi connectivity index (χ3n) is 5.08. The Kier molecular flexibility index (Phi) is 3.40. The van der Waals surface area contributed by atoms with Gasteiger partial charge in [-0.1, -0.05) is 0 Å². The highest BCUT2D eigenvalue weighted by atomic mass is 14.8. The first-order chi connectivity index (χ1) is 14.3. The fourth-order valence-electron chi connectivity index (χ4n) is 3.77. The second kappa shape index (κ2) is 6.21. The highest BCUT2D eigenvalue weighted by Crippen LogP contribution is 2.29. The zero-order valence-corrected chi connectivity index (χ0v) is 15.5. The molecule has 0 fully saturated rings. The molecule has 29 heavy (non-hydrogen) atoms. The van der Waals surface area contributed by atoms with E-state index in [2.05, 4.69) is 57.4 Å². The van der Waals surface area contributed by atoms with Crippen LogP contribution in [-0.2, 0) is 0 Å². The van der Waals surface area contributed by atoms with Crippen molar-refractivity contribution >= 4 is 46.4 Å². The molecule has 0 unspecified atom stereocenters. The van der Waals surface area contributed by atoms with Crippen molar-refractivity contribution in [3.63, 3.8) is 0 Å². The van der Waals surface area contributed by atoms with Crippen LogP contribution < -0.4 is 0 Å². The number of H-pyrrole nitrogens is 3. The molecular formula is C24H17N5. The summed E-state index contributed by atoms with van der Waals surface area (Å²) in [7, 11) is 0. The predicted octanol–water partition coefficient (Wildman–Crippen LogP) is 5.65. The summed E-state index contributed by atoms with van der Waals surface area (Å²) in [5, 5.41) is 0. The van der Waals surface area contributed by atoms with Crippen LogP contribution in [0.2, 0.25) is 0 Å². The standard InChI is InChI=1S/C24H17N5/c1-2-21(25-11-1)24-22-9-7-19(28-22)13-17-5-3-15(26-17)12-16-4-6-18(27-16)14-20-8-10-23(24)29-20/h1-14,25-27H. The van der Waals surface area contributed by atoms with Crippen molar-refractivity contribution in [2.75, 3.05) is 0 Å². The molecule has 4 aromatic heterocycles. The Labute approximate surface area is 166 Å². The van der Waals surface area contributed by atoms with E-state index < -0.39 is 0 Å². The highest BCUT2D eigenvalue weighted by molar-refractivity contribution is 5.88. The molecule has 2 aliphatic heterocycles. The number of nitrogens with zero attached hydrogens (tertiary/aromatic N) is 2. The second-order valence-electron chi connectivity index (χ2n) is 7.14. The zero-order chi connectivity index (χ0) is 19.2. The van der Waals surface area contributed by atoms with E-state index in [-0.39, 0.29) is 0 Å². The average Bonchev–Trinajstić information content (AvgIpc) is 3.51. The monoisotopic (exact) mass is 375 g/mol. The summed E-state index contributed by atoms with van der Waals surface area (Å²) in [6.07, 6.45) is 10.1. The van der Waals surface area contributed by atoms with Crippen molar-refractivity contribution in [1.29, 1.82) is 0 Å². The van der Waals surface area contributed by atoms with E-state index in [9.17, 15) is 0 Å². The Morgan fingerprint density at radius 2 is 1.14 bits per heavy atom. The fraction of sp³-hybridized carbons (Fsp3) is 0. The van der Waals surface area contributed by atoms with Gasteiger partial charge in [0.2, 0.25) is 0 Å². The molecule has 2 aliphatic rings. The van der Waals surface area contributed by atoms with Crippen LogP contribution in [0.25, 0.3) is 57.6 Å². The lowest BCUT2D eigenvalue weighted by Crippen LogP contribution is -1.88. The van der Waals surface area contributed by atoms with Gasteiger partial charge in [0.1, 0.15) is 0 Å². The summed E-state index contributed by atoms with van der Waals surface area (Å²) in [5.41, 5.74) is 9.71. The number of aromatic amines is 3. The van der Waals surface area contributed by atoms with Crippen molar-refractivity contribution < 1.29 is 0 Å². The van der Waals surface area contributed by atoms with Gasteiger partial charge in [0, 0.05) is 39.5 Å². The predicted molar refractivity (Wildman–Crippen MR) is 119 cm³/mol. The number of hydrogen-bond acceptors (Lipinski definition) is 2. The van der Waals surface area contributed by atoms with Gasteiger partial charge in [0.15, 0.2) is 0 Å². The average molecular weight is 375 g/mol. The van der Waals surface area contributed by atoms with Gasteiger partial charge < -0.3 is 15.0 Å². The lowest BCUT2D eigenvalue weighted by molar-refractivity contribution is 1.26. The van der Waals surface area contributed by atoms with Crippen LogP contribution in [0.3, 0.4) is 0 Å². The molecule has 3 N–H and O–H groups in total. The molecule has 0 saturated carbocycles. The molecule has 5 nitrogen and oxygen atoms in total. The fourth-order valence-corrected chi connectivity index (χ4v) is 3.77. The Hall–Kier alpha value is -4.12. The summed E-state index contributed by atoms with van der Waals surface area (Å²) in [6.45, 7) is 0. The Bertz CT molecular complexity index is 1350. The first-order valence-corrected chi connectivity index (χ1v) is 9.51. The molecule has 5 heteroatoms. The Morgan fingerprint density at radius 3 is 1.66 bits per heavy atom. The maximum atomic E-state index is 4.86. The smallest absolute Gasteiger partial charge is 0.0752 e. The van der Waals surface area contributed by atoms with Gasteiger partial charge in [-0.25, -0.2) is 9.97 Å². The summed E-state index contributed by atoms with van der Waals surface area (Å²) in [5.74, 6) is 0. The quantitative estimate of drug-likeness (QED) is 0.347. The zero-order valence-electron chi connectivity index (χ0n) is 15.5. The third kappa shape index (κ3) is 2.89. The molecule has 0 aliphatic carbocycles. The molecule has 0 spiro atoms. The van der Waals surface area contributed by atoms with Gasteiger partial charge in [-0.15, -0.1) is 0 Å². The number of nitrogens with one attached hydrogen (secondary N) is 3. The normalized spacial score (nSPS) is 12.6. The minimum absolute atomic E-state index is 0.899. The van der Waals surface area contributed by atoms with Gasteiger partial charge in [-0.05, 0) is 78.9 Å². The van der Waals surface area contributed by atoms with Crippen LogP contribution in [0.1, 0.15) is 22.8 Å². The van der Waals surface area contributed by atoms with Crippen LogP contribution in [0.15, 0.2) is 60.8 Å². The van der Waals surface area contributed by atoms with E-state index in [1.54, 1.807) is 0 Å². The largest absolute Gasteiger partial charge is 0.361 e. The minimum Gasteiger partial charge on any atom is -0.361 e. The van der Waals surface area contributed by atoms with E-state index in [4.69, 9.17) is 9.97 Å². The number of fused-ring (bicyclic) bond motifs is 8. The van der Waals surface area contributed by atoms with Crippen LogP contribution in [0.5, 0.6) is 0 Å². The molecule has 6 heterocycles. The molecular weight excluding hydrogens is 358 g/mol. The molecule has 0 atom stereocenters. The molecule has 8 bridgehead atoms. The third-order valence-corrected chi connectivity index (χ3v) is 5.08. The van der Waals surface area contributed by atoms with E-state index in [1.165, 1.54) is 0 Å². The van der Waals surface area contributed by atoms with Crippen molar-refractivity contribution in [3.8, 4) is 11.3 Å². The second-order valence-corrected chi connectivity index (χ2v) is 7.14. The molecule has 0 saturated heterocycles. The molecule has 0 radical (unpaired) electrons. The highest BCUT2D eigenvalue weighted by Gasteiger charge is 2.14. The Balaban J connectivity index is 1.73. The van der Waals surface area contributed by atoms with E-state index in [0.29, 0.717) is 0 Å². The lowest BCUT2D eigenvalue weighted by atomic mass is 10.1. The van der Waals surface area contributed by atoms with E-state index >= 15 is 0 Å². The van der Waals surface area contributed by atoms with E-state index in [1.807, 2.05) is 42.6 Å². The van der Waals surface area contributed by atoms with Gasteiger partial charge >= 0.3 is 0 Å². The first-order valence-electron chi connectivity index (χ1n) is 9.51. The van der Waals surface area contributed by atoms with Crippen LogP contribution in [-0.4, -0.2) is 24.9 Å². The van der Waals surface area contributed by atoms with E-state index in [0.717, 1.165) is 56.1 Å². The molecule has 138 valence electrons. The maximum absolute atomic E-state index is 4.86. The lowest BCUT2D eigenvalue weighted by Gasteiger charge is -2.01. The van der Waals surface area contributed by atoms with Crippen molar-refractivity contribution in [1.82, 2.24) is 24.9 Å². The summed E-state index contributed by atoms with van der Waals surface area (Å²) in [6, 6.07) is 18.5. The summed E-state index contributed by atoms with van der Waals surface area (Å²) >= 11 is 0. The topological polar surface area (TPSA) is 73.2 Å². The van der Waals surface area contributed by atoms with Crippen LogP contribution in [0, 0.1) is 0 Å². The van der Waals surface area contributed by atoms with Gasteiger partial charge in [-0.3, -0.25) is 0 Å². The summed E-state index contributed by atoms with van der Waals surface area (Å²) in [4.78, 5) is 19.9. The van der Waals surface area contributed by atoms with Crippen molar-refractivity contribution in [3.05, 3.63) is 83.6 Å². The number of rotatable bonds is 1. The summed E-state index contributed by atoms with van der Waals surface area (Å²) < 4.78 is 0. The first kappa shape index (κ1) is 15.9. The van der Waals surface area contributed by atoms with Crippen LogP contribution in [0.4, 0.5) is 0 Å². The molecule has 0 amide bonds. The Morgan fingerprint density at radius 1 is 0.586 bits per heavy atom. The van der Waals surface area contributed by atoms with Crippen molar-refractivity contribution in [2.24, 2.45) is 0 Å². The van der Waals surface area contributed by atoms with Gasteiger partial charge in [-0.2, -0.15) is 0 Å². The van der Waals surface area contributed by atoms with Gasteiger partial charge in [0.25, 0.3) is 0 Å². The SMILES string of the molecule is C1=Cc2nc1cc1ccc(cc3ccc(cc4nc(c2-c2ccc[nH]2)C=C4)[nH]3)[nH]1. The van der Waals surface area contributed by atoms with Crippen molar-refractivity contribution in [2.45, 2.75) is 0 Å². The molecule has 0 aromatic carbocycles. The molecule has 6 rings (SSSR count). The number of hydrogen-bond donors (Lipinski definition) is 3.